The fourth-order valence-corrected chi connectivity index (χ4v) is 5.50. The molecule has 3 aromatic rings. The lowest BCUT2D eigenvalue weighted by Gasteiger charge is -2.30. The monoisotopic (exact) mass is 495 g/mol. The molecule has 35 heavy (non-hydrogen) atoms. The third-order valence-corrected chi connectivity index (χ3v) is 7.80. The zero-order chi connectivity index (χ0) is 24.9. The summed E-state index contributed by atoms with van der Waals surface area (Å²) in [4.78, 5) is 31.3. The molecule has 4 rings (SSSR count). The first kappa shape index (κ1) is 25.1. The number of benzene rings is 2. The van der Waals surface area contributed by atoms with Gasteiger partial charge in [-0.2, -0.15) is 0 Å². The van der Waals surface area contributed by atoms with Gasteiger partial charge in [0.2, 0.25) is 5.91 Å². The number of thioether (sulfide) groups is 1. The van der Waals surface area contributed by atoms with E-state index < -0.39 is 5.25 Å². The summed E-state index contributed by atoms with van der Waals surface area (Å²) in [5.74, 6) is 1.67. The van der Waals surface area contributed by atoms with Crippen LogP contribution in [0.3, 0.4) is 0 Å². The van der Waals surface area contributed by atoms with Gasteiger partial charge in [-0.3, -0.25) is 14.2 Å². The van der Waals surface area contributed by atoms with Crippen LogP contribution in [0.15, 0.2) is 52.4 Å². The van der Waals surface area contributed by atoms with Gasteiger partial charge in [-0.25, -0.2) is 4.98 Å². The minimum atomic E-state index is -0.395. The number of para-hydroxylation sites is 1. The molecular weight excluding hydrogens is 462 g/mol. The lowest BCUT2D eigenvalue weighted by molar-refractivity contribution is -0.121. The summed E-state index contributed by atoms with van der Waals surface area (Å²) in [7, 11) is 3.17. The Balaban J connectivity index is 1.64. The van der Waals surface area contributed by atoms with Crippen molar-refractivity contribution in [1.29, 1.82) is 0 Å². The normalized spacial score (nSPS) is 18.7. The number of nitrogens with one attached hydrogen (secondary N) is 1. The Kier molecular flexibility index (Phi) is 8.00. The molecule has 1 aliphatic carbocycles. The maximum atomic E-state index is 13.5. The molecule has 1 fully saturated rings. The van der Waals surface area contributed by atoms with Crippen LogP contribution in [0.25, 0.3) is 10.9 Å². The summed E-state index contributed by atoms with van der Waals surface area (Å²) >= 11 is 1.32. The summed E-state index contributed by atoms with van der Waals surface area (Å²) < 4.78 is 12.4. The summed E-state index contributed by atoms with van der Waals surface area (Å²) in [5, 5.41) is 3.90. The molecule has 1 N–H and O–H groups in total. The Bertz CT molecular complexity index is 1260. The Hall–Kier alpha value is -3.00. The summed E-state index contributed by atoms with van der Waals surface area (Å²) in [5.41, 5.74) is 1.36. The predicted octanol–water partition coefficient (Wildman–Crippen LogP) is 4.64. The van der Waals surface area contributed by atoms with Crippen LogP contribution in [0.2, 0.25) is 0 Å². The highest BCUT2D eigenvalue weighted by Crippen LogP contribution is 2.30. The largest absolute Gasteiger partial charge is 0.493 e. The van der Waals surface area contributed by atoms with Gasteiger partial charge in [0.05, 0.1) is 36.9 Å². The lowest BCUT2D eigenvalue weighted by atomic mass is 9.86. The van der Waals surface area contributed by atoms with Crippen molar-refractivity contribution in [1.82, 2.24) is 14.9 Å². The first-order valence-corrected chi connectivity index (χ1v) is 13.0. The van der Waals surface area contributed by atoms with Gasteiger partial charge in [-0.15, -0.1) is 0 Å². The van der Waals surface area contributed by atoms with Crippen molar-refractivity contribution < 1.29 is 14.3 Å². The zero-order valence-electron chi connectivity index (χ0n) is 20.7. The average molecular weight is 496 g/mol. The molecule has 0 radical (unpaired) electrons. The SMILES string of the molecule is COc1ccc(Cn2c(SC(C)C(=O)NC3CCCCC3C)nc3ccccc3c2=O)cc1OC. The third-order valence-electron chi connectivity index (χ3n) is 6.71. The van der Waals surface area contributed by atoms with E-state index in [9.17, 15) is 9.59 Å². The Morgan fingerprint density at radius 1 is 1.14 bits per heavy atom. The number of carbonyl (C=O) groups is 1. The topological polar surface area (TPSA) is 82.5 Å². The first-order chi connectivity index (χ1) is 16.9. The smallest absolute Gasteiger partial charge is 0.262 e. The third kappa shape index (κ3) is 5.64. The highest BCUT2D eigenvalue weighted by atomic mass is 32.2. The van der Waals surface area contributed by atoms with Crippen molar-refractivity contribution in [2.75, 3.05) is 14.2 Å². The molecule has 1 aromatic heterocycles. The Labute approximate surface area is 210 Å². The molecule has 186 valence electrons. The molecule has 0 saturated heterocycles. The molecule has 1 aliphatic rings. The second-order valence-corrected chi connectivity index (χ2v) is 10.4. The highest BCUT2D eigenvalue weighted by molar-refractivity contribution is 8.00. The number of hydrogen-bond donors (Lipinski definition) is 1. The van der Waals surface area contributed by atoms with Crippen molar-refractivity contribution in [3.63, 3.8) is 0 Å². The van der Waals surface area contributed by atoms with Crippen LogP contribution < -0.4 is 20.3 Å². The van der Waals surface area contributed by atoms with Crippen LogP contribution in [0.4, 0.5) is 0 Å². The van der Waals surface area contributed by atoms with Gasteiger partial charge >= 0.3 is 0 Å². The summed E-state index contributed by atoms with van der Waals surface area (Å²) in [6, 6.07) is 13.1. The fraction of sp³-hybridized carbons (Fsp3) is 0.444. The quantitative estimate of drug-likeness (QED) is 0.362. The van der Waals surface area contributed by atoms with Gasteiger partial charge in [0.1, 0.15) is 0 Å². The number of ether oxygens (including phenoxy) is 2. The number of hydrogen-bond acceptors (Lipinski definition) is 6. The molecule has 7 nitrogen and oxygen atoms in total. The zero-order valence-corrected chi connectivity index (χ0v) is 21.6. The van der Waals surface area contributed by atoms with E-state index in [-0.39, 0.29) is 17.5 Å². The van der Waals surface area contributed by atoms with E-state index in [4.69, 9.17) is 14.5 Å². The Morgan fingerprint density at radius 3 is 2.63 bits per heavy atom. The number of methoxy groups -OCH3 is 2. The number of rotatable bonds is 8. The molecule has 0 bridgehead atoms. The summed E-state index contributed by atoms with van der Waals surface area (Å²) in [6.07, 6.45) is 4.53. The molecule has 3 unspecified atom stereocenters. The van der Waals surface area contributed by atoms with Gasteiger partial charge in [0.15, 0.2) is 16.7 Å². The van der Waals surface area contributed by atoms with E-state index in [2.05, 4.69) is 12.2 Å². The first-order valence-electron chi connectivity index (χ1n) is 12.1. The van der Waals surface area contributed by atoms with Crippen LogP contribution in [0.5, 0.6) is 11.5 Å². The molecule has 1 heterocycles. The van der Waals surface area contributed by atoms with Gasteiger partial charge < -0.3 is 14.8 Å². The van der Waals surface area contributed by atoms with E-state index in [0.29, 0.717) is 40.0 Å². The van der Waals surface area contributed by atoms with Gasteiger partial charge in [-0.05, 0) is 55.5 Å². The van der Waals surface area contributed by atoms with Crippen molar-refractivity contribution in [3.8, 4) is 11.5 Å². The van der Waals surface area contributed by atoms with Gasteiger partial charge in [0, 0.05) is 6.04 Å². The number of amides is 1. The maximum absolute atomic E-state index is 13.5. The van der Waals surface area contributed by atoms with Gasteiger partial charge in [-0.1, -0.05) is 49.7 Å². The minimum absolute atomic E-state index is 0.0196. The number of fused-ring (bicyclic) bond motifs is 1. The maximum Gasteiger partial charge on any atom is 0.262 e. The van der Waals surface area contributed by atoms with E-state index >= 15 is 0 Å². The van der Waals surface area contributed by atoms with Crippen LogP contribution in [-0.2, 0) is 11.3 Å². The van der Waals surface area contributed by atoms with Crippen LogP contribution in [-0.4, -0.2) is 41.0 Å². The van der Waals surface area contributed by atoms with Crippen molar-refractivity contribution in [2.45, 2.75) is 62.5 Å². The highest BCUT2D eigenvalue weighted by Gasteiger charge is 2.26. The van der Waals surface area contributed by atoms with Crippen molar-refractivity contribution in [2.24, 2.45) is 5.92 Å². The van der Waals surface area contributed by atoms with Crippen molar-refractivity contribution in [3.05, 3.63) is 58.4 Å². The van der Waals surface area contributed by atoms with Crippen LogP contribution in [0, 0.1) is 5.92 Å². The fourth-order valence-electron chi connectivity index (χ4n) is 4.58. The molecule has 2 aromatic carbocycles. The molecule has 1 saturated carbocycles. The second kappa shape index (κ2) is 11.2. The van der Waals surface area contributed by atoms with E-state index in [0.717, 1.165) is 24.8 Å². The van der Waals surface area contributed by atoms with Gasteiger partial charge in [0.25, 0.3) is 5.56 Å². The van der Waals surface area contributed by atoms with E-state index in [1.807, 2.05) is 43.3 Å². The van der Waals surface area contributed by atoms with Crippen LogP contribution >= 0.6 is 11.8 Å². The van der Waals surface area contributed by atoms with Crippen LogP contribution in [0.1, 0.15) is 45.1 Å². The molecule has 8 heteroatoms. The average Bonchev–Trinajstić information content (AvgIpc) is 2.87. The number of carbonyl (C=O) groups excluding carboxylic acids is 1. The van der Waals surface area contributed by atoms with Crippen molar-refractivity contribution >= 4 is 28.6 Å². The second-order valence-electron chi connectivity index (χ2n) is 9.13. The number of nitrogens with zero attached hydrogens (tertiary/aromatic N) is 2. The standard InChI is InChI=1S/C27H33N3O4S/c1-17-9-5-7-11-21(17)28-25(31)18(2)35-27-29-22-12-8-6-10-20(22)26(32)30(27)16-19-13-14-23(33-3)24(15-19)34-4/h6,8,10,12-15,17-18,21H,5,7,9,11,16H2,1-4H3,(H,28,31). The van der Waals surface area contributed by atoms with E-state index in [1.54, 1.807) is 24.9 Å². The molecule has 3 atom stereocenters. The number of aromatic nitrogens is 2. The molecule has 1 amide bonds. The van der Waals surface area contributed by atoms with E-state index in [1.165, 1.54) is 18.2 Å². The Morgan fingerprint density at radius 2 is 1.89 bits per heavy atom. The molecule has 0 aliphatic heterocycles. The molecule has 0 spiro atoms. The predicted molar refractivity (Wildman–Crippen MR) is 140 cm³/mol. The lowest BCUT2D eigenvalue weighted by Crippen LogP contribution is -2.44. The molecular formula is C27H33N3O4S. The summed E-state index contributed by atoms with van der Waals surface area (Å²) in [6.45, 7) is 4.37. The minimum Gasteiger partial charge on any atom is -0.493 e.